The Bertz CT molecular complexity index is 813. The van der Waals surface area contributed by atoms with Crippen LogP contribution in [-0.2, 0) is 16.6 Å². The lowest BCUT2D eigenvalue weighted by Crippen LogP contribution is -2.66. The van der Waals surface area contributed by atoms with Crippen LogP contribution in [0.1, 0.15) is 58.1 Å². The summed E-state index contributed by atoms with van der Waals surface area (Å²) < 4.78 is 5.53. The molecule has 1 aliphatic carbocycles. The molecule has 2 fully saturated rings. The van der Waals surface area contributed by atoms with E-state index in [0.29, 0.717) is 23.8 Å². The van der Waals surface area contributed by atoms with E-state index < -0.39 is 5.60 Å². The number of hydrogen-bond acceptors (Lipinski definition) is 5. The Labute approximate surface area is 186 Å². The second kappa shape index (κ2) is 8.28. The highest BCUT2D eigenvalue weighted by atomic mass is 16.6. The maximum Gasteiger partial charge on any atom is 0.410 e. The summed E-state index contributed by atoms with van der Waals surface area (Å²) in [5.41, 5.74) is 2.27. The Morgan fingerprint density at radius 2 is 1.97 bits per heavy atom. The Kier molecular flexibility index (Phi) is 5.99. The molecule has 3 atom stereocenters. The third-order valence-corrected chi connectivity index (χ3v) is 7.65. The molecule has 0 aromatic heterocycles. The number of phenolic OH excluding ortho intramolecular Hbond substituents is 1. The van der Waals surface area contributed by atoms with E-state index in [1.165, 1.54) is 11.1 Å². The fraction of sp³-hybridized carbons (Fsp3) is 0.720. The summed E-state index contributed by atoms with van der Waals surface area (Å²) >= 11 is 0. The number of likely N-dealkylation sites (tertiary alicyclic amines) is 2. The van der Waals surface area contributed by atoms with E-state index >= 15 is 0 Å². The lowest BCUT2D eigenvalue weighted by atomic mass is 9.61. The van der Waals surface area contributed by atoms with E-state index in [9.17, 15) is 9.90 Å². The number of benzene rings is 1. The Morgan fingerprint density at radius 1 is 1.26 bits per heavy atom. The number of nitrogens with one attached hydrogen (secondary N) is 1. The van der Waals surface area contributed by atoms with Gasteiger partial charge in [-0.3, -0.25) is 0 Å². The van der Waals surface area contributed by atoms with E-state index in [1.807, 2.05) is 37.8 Å². The van der Waals surface area contributed by atoms with Gasteiger partial charge in [0.05, 0.1) is 0 Å². The highest BCUT2D eigenvalue weighted by Crippen LogP contribution is 2.45. The molecule has 4 rings (SSSR count). The summed E-state index contributed by atoms with van der Waals surface area (Å²) in [4.78, 5) is 16.7. The van der Waals surface area contributed by atoms with Gasteiger partial charge in [-0.15, -0.1) is 0 Å². The minimum atomic E-state index is -0.444. The molecule has 172 valence electrons. The second-order valence-electron chi connectivity index (χ2n) is 11.1. The van der Waals surface area contributed by atoms with Crippen LogP contribution in [0.25, 0.3) is 0 Å². The number of hydrogen-bond donors (Lipinski definition) is 2. The van der Waals surface area contributed by atoms with Crippen molar-refractivity contribution in [3.8, 4) is 5.75 Å². The van der Waals surface area contributed by atoms with E-state index in [0.717, 1.165) is 51.9 Å². The molecule has 0 saturated carbocycles. The second-order valence-corrected chi connectivity index (χ2v) is 11.1. The van der Waals surface area contributed by atoms with Crippen LogP contribution in [0.15, 0.2) is 18.2 Å². The van der Waals surface area contributed by atoms with E-state index in [-0.39, 0.29) is 11.5 Å². The molecule has 2 bridgehead atoms. The van der Waals surface area contributed by atoms with Gasteiger partial charge in [0.2, 0.25) is 0 Å². The molecule has 1 amide bonds. The minimum Gasteiger partial charge on any atom is -0.508 e. The zero-order valence-electron chi connectivity index (χ0n) is 19.8. The largest absolute Gasteiger partial charge is 0.508 e. The van der Waals surface area contributed by atoms with Crippen LogP contribution in [0.2, 0.25) is 0 Å². The first-order valence-electron chi connectivity index (χ1n) is 11.8. The number of likely N-dealkylation sites (N-methyl/N-ethyl adjacent to an activating group) is 1. The topological polar surface area (TPSA) is 65.0 Å². The van der Waals surface area contributed by atoms with Crippen molar-refractivity contribution in [2.45, 2.75) is 76.5 Å². The summed E-state index contributed by atoms with van der Waals surface area (Å²) in [6.07, 6.45) is 3.94. The van der Waals surface area contributed by atoms with Gasteiger partial charge >= 0.3 is 6.09 Å². The normalized spacial score (nSPS) is 29.5. The lowest BCUT2D eigenvalue weighted by Gasteiger charge is -2.55. The molecule has 0 spiro atoms. The van der Waals surface area contributed by atoms with Gasteiger partial charge in [0, 0.05) is 30.6 Å². The minimum absolute atomic E-state index is 0.0285. The van der Waals surface area contributed by atoms with E-state index in [4.69, 9.17) is 4.74 Å². The number of amides is 1. The van der Waals surface area contributed by atoms with Gasteiger partial charge in [-0.25, -0.2) is 4.79 Å². The highest BCUT2D eigenvalue weighted by Gasteiger charge is 2.49. The Balaban J connectivity index is 1.39. The fourth-order valence-corrected chi connectivity index (χ4v) is 5.79. The summed E-state index contributed by atoms with van der Waals surface area (Å²) in [5.74, 6) is 0.935. The predicted octanol–water partition coefficient (Wildman–Crippen LogP) is 3.52. The van der Waals surface area contributed by atoms with E-state index in [1.54, 1.807) is 0 Å². The van der Waals surface area contributed by atoms with Gasteiger partial charge in [0.1, 0.15) is 11.4 Å². The predicted molar refractivity (Wildman–Crippen MR) is 123 cm³/mol. The number of fused-ring (bicyclic) bond motifs is 4. The molecular formula is C25H39N3O3. The molecule has 6 nitrogen and oxygen atoms in total. The van der Waals surface area contributed by atoms with Crippen LogP contribution in [-0.4, -0.2) is 71.9 Å². The molecular weight excluding hydrogens is 390 g/mol. The number of ether oxygens (including phenoxy) is 1. The van der Waals surface area contributed by atoms with Crippen molar-refractivity contribution in [2.75, 3.05) is 33.2 Å². The fourth-order valence-electron chi connectivity index (χ4n) is 5.79. The van der Waals surface area contributed by atoms with Crippen molar-refractivity contribution < 1.29 is 14.6 Å². The highest BCUT2D eigenvalue weighted by molar-refractivity contribution is 5.68. The van der Waals surface area contributed by atoms with Crippen LogP contribution in [0.4, 0.5) is 4.79 Å². The standard InChI is InChI=1S/C25H39N3O3/c1-24(2,3)31-23(30)28-11-8-17(9-12-28)16-26-22-21-14-18-6-7-19(29)15-20(18)25(22,4)10-13-27(21)5/h6-7,15,17,21-22,26,29H,8-14,16H2,1-5H3/t21-,22-,25-/m1/s1. The Hall–Kier alpha value is -1.79. The van der Waals surface area contributed by atoms with Gasteiger partial charge in [0.15, 0.2) is 0 Å². The monoisotopic (exact) mass is 429 g/mol. The number of phenols is 1. The summed E-state index contributed by atoms with van der Waals surface area (Å²) in [5, 5.41) is 14.1. The molecule has 2 saturated heterocycles. The number of aromatic hydroxyl groups is 1. The number of piperidine rings is 2. The first kappa shape index (κ1) is 22.4. The number of carbonyl (C=O) groups is 1. The number of nitrogens with zero attached hydrogens (tertiary/aromatic N) is 2. The van der Waals surface area contributed by atoms with Crippen molar-refractivity contribution in [1.29, 1.82) is 0 Å². The van der Waals surface area contributed by atoms with Gasteiger partial charge < -0.3 is 25.0 Å². The molecule has 0 unspecified atom stereocenters. The Morgan fingerprint density at radius 3 is 2.65 bits per heavy atom. The molecule has 1 aromatic carbocycles. The lowest BCUT2D eigenvalue weighted by molar-refractivity contribution is 0.0174. The number of rotatable bonds is 3. The molecule has 0 radical (unpaired) electrons. The van der Waals surface area contributed by atoms with Crippen molar-refractivity contribution in [3.63, 3.8) is 0 Å². The third-order valence-electron chi connectivity index (χ3n) is 7.65. The van der Waals surface area contributed by atoms with Crippen molar-refractivity contribution in [3.05, 3.63) is 29.3 Å². The van der Waals surface area contributed by atoms with Crippen LogP contribution in [0, 0.1) is 5.92 Å². The molecule has 2 aliphatic heterocycles. The summed E-state index contributed by atoms with van der Waals surface area (Å²) in [6, 6.07) is 6.76. The average Bonchev–Trinajstić information content (AvgIpc) is 2.70. The third kappa shape index (κ3) is 4.56. The van der Waals surface area contributed by atoms with Gasteiger partial charge in [-0.1, -0.05) is 13.0 Å². The zero-order valence-corrected chi connectivity index (χ0v) is 19.8. The smallest absolute Gasteiger partial charge is 0.410 e. The van der Waals surface area contributed by atoms with Gasteiger partial charge in [-0.05, 0) is 95.8 Å². The molecule has 3 aliphatic rings. The molecule has 1 aromatic rings. The van der Waals surface area contributed by atoms with Crippen molar-refractivity contribution in [2.24, 2.45) is 5.92 Å². The maximum absolute atomic E-state index is 12.3. The molecule has 6 heteroatoms. The summed E-state index contributed by atoms with van der Waals surface area (Å²) in [6.45, 7) is 11.7. The van der Waals surface area contributed by atoms with Gasteiger partial charge in [-0.2, -0.15) is 0 Å². The van der Waals surface area contributed by atoms with Crippen LogP contribution in [0.5, 0.6) is 5.75 Å². The summed E-state index contributed by atoms with van der Waals surface area (Å²) in [7, 11) is 2.24. The quantitative estimate of drug-likeness (QED) is 0.770. The first-order chi connectivity index (χ1) is 14.6. The van der Waals surface area contributed by atoms with Crippen LogP contribution in [0.3, 0.4) is 0 Å². The van der Waals surface area contributed by atoms with Crippen LogP contribution < -0.4 is 5.32 Å². The SMILES string of the molecule is CN1CC[C@]2(C)c3cc(O)ccc3C[C@@H]1[C@H]2NCC1CCN(C(=O)OC(C)(C)C)CC1. The molecule has 2 N–H and O–H groups in total. The average molecular weight is 430 g/mol. The molecule has 31 heavy (non-hydrogen) atoms. The van der Waals surface area contributed by atoms with E-state index in [2.05, 4.69) is 30.3 Å². The van der Waals surface area contributed by atoms with Crippen molar-refractivity contribution >= 4 is 6.09 Å². The molecule has 2 heterocycles. The van der Waals surface area contributed by atoms with Crippen LogP contribution >= 0.6 is 0 Å². The zero-order chi connectivity index (χ0) is 22.4. The van der Waals surface area contributed by atoms with Crippen molar-refractivity contribution in [1.82, 2.24) is 15.1 Å². The number of carbonyl (C=O) groups excluding carboxylic acids is 1. The first-order valence-corrected chi connectivity index (χ1v) is 11.8. The van der Waals surface area contributed by atoms with Gasteiger partial charge in [0.25, 0.3) is 0 Å². The maximum atomic E-state index is 12.3.